The van der Waals surface area contributed by atoms with E-state index in [0.29, 0.717) is 12.0 Å². The van der Waals surface area contributed by atoms with E-state index in [4.69, 9.17) is 11.6 Å². The Morgan fingerprint density at radius 3 is 2.38 bits per heavy atom. The molecular weight excluding hydrogens is 359 g/mol. The minimum Gasteiger partial charge on any atom is -0.395 e. The summed E-state index contributed by atoms with van der Waals surface area (Å²) in [6.45, 7) is -0.492. The Labute approximate surface area is 136 Å². The maximum absolute atomic E-state index is 13.6. The summed E-state index contributed by atoms with van der Waals surface area (Å²) >= 11 is 9.06. The molecule has 0 fully saturated rings. The molecule has 0 aliphatic rings. The van der Waals surface area contributed by atoms with Gasteiger partial charge in [-0.2, -0.15) is 0 Å². The average molecular weight is 374 g/mol. The molecule has 2 aromatic carbocycles. The Hall–Kier alpha value is -0.940. The van der Waals surface area contributed by atoms with Gasteiger partial charge in [0.2, 0.25) is 0 Å². The van der Waals surface area contributed by atoms with Gasteiger partial charge in [0.1, 0.15) is 5.82 Å². The van der Waals surface area contributed by atoms with Crippen molar-refractivity contribution in [3.63, 3.8) is 0 Å². The number of hydrogen-bond donors (Lipinski definition) is 2. The topological polar surface area (TPSA) is 40.5 Å². The van der Waals surface area contributed by atoms with Crippen LogP contribution in [-0.4, -0.2) is 23.4 Å². The van der Waals surface area contributed by atoms with Gasteiger partial charge in [0.25, 0.3) is 0 Å². The average Bonchev–Trinajstić information content (AvgIpc) is 2.48. The van der Waals surface area contributed by atoms with Crippen LogP contribution in [0.4, 0.5) is 4.39 Å². The van der Waals surface area contributed by atoms with Crippen LogP contribution >= 0.6 is 27.5 Å². The summed E-state index contributed by atoms with van der Waals surface area (Å²) in [6, 6.07) is 11.9. The second-order valence-corrected chi connectivity index (χ2v) is 6.36. The van der Waals surface area contributed by atoms with Crippen molar-refractivity contribution >= 4 is 27.5 Å². The number of hydrogen-bond acceptors (Lipinski definition) is 2. The lowest BCUT2D eigenvalue weighted by Gasteiger charge is -2.31. The smallest absolute Gasteiger partial charge is 0.142 e. The van der Waals surface area contributed by atoms with E-state index in [-0.39, 0.29) is 18.2 Å². The molecule has 0 bridgehead atoms. The van der Waals surface area contributed by atoms with Crippen molar-refractivity contribution in [1.82, 2.24) is 0 Å². The van der Waals surface area contributed by atoms with Crippen LogP contribution < -0.4 is 0 Å². The highest BCUT2D eigenvalue weighted by atomic mass is 79.9. The van der Waals surface area contributed by atoms with Crippen molar-refractivity contribution in [3.05, 3.63) is 68.9 Å². The van der Waals surface area contributed by atoms with Gasteiger partial charge in [-0.25, -0.2) is 4.39 Å². The van der Waals surface area contributed by atoms with E-state index < -0.39 is 11.2 Å². The molecule has 0 aromatic heterocycles. The van der Waals surface area contributed by atoms with Gasteiger partial charge in [0, 0.05) is 9.89 Å². The number of rotatable bonds is 5. The molecule has 0 heterocycles. The van der Waals surface area contributed by atoms with Crippen molar-refractivity contribution < 1.29 is 14.6 Å². The summed E-state index contributed by atoms with van der Waals surface area (Å²) in [5, 5.41) is 19.7. The predicted octanol–water partition coefficient (Wildman–Crippen LogP) is 3.71. The predicted molar refractivity (Wildman–Crippen MR) is 85.1 cm³/mol. The summed E-state index contributed by atoms with van der Waals surface area (Å²) in [4.78, 5) is 0. The molecule has 5 heteroatoms. The summed E-state index contributed by atoms with van der Waals surface area (Å²) in [6.07, 6.45) is 0.310. The van der Waals surface area contributed by atoms with Crippen LogP contribution in [0, 0.1) is 5.82 Å². The molecule has 0 spiro atoms. The Bertz CT molecular complexity index is 629. The highest BCUT2D eigenvalue weighted by Gasteiger charge is 2.31. The van der Waals surface area contributed by atoms with Gasteiger partial charge < -0.3 is 10.2 Å². The van der Waals surface area contributed by atoms with Gasteiger partial charge in [-0.15, -0.1) is 0 Å². The molecule has 2 rings (SSSR count). The normalized spacial score (nSPS) is 11.7. The second kappa shape index (κ2) is 6.88. The van der Waals surface area contributed by atoms with Crippen LogP contribution in [0.3, 0.4) is 0 Å². The van der Waals surface area contributed by atoms with E-state index in [2.05, 4.69) is 15.9 Å². The maximum Gasteiger partial charge on any atom is 0.142 e. The molecular formula is C16H15BrClFO2. The van der Waals surface area contributed by atoms with Crippen molar-refractivity contribution in [2.45, 2.75) is 11.8 Å². The molecule has 2 N–H and O–H groups in total. The quantitative estimate of drug-likeness (QED) is 0.839. The summed E-state index contributed by atoms with van der Waals surface area (Å²) < 4.78 is 14.4. The molecule has 2 nitrogen and oxygen atoms in total. The summed E-state index contributed by atoms with van der Waals surface area (Å²) in [5.41, 5.74) is 0.585. The standard InChI is InChI=1S/C16H15BrClFO2/c17-13-3-1-2-12(7-13)16(9-20,10-21)8-11-4-5-14(18)15(19)6-11/h1-7,20-21H,8-10H2. The van der Waals surface area contributed by atoms with Gasteiger partial charge in [-0.1, -0.05) is 45.7 Å². The van der Waals surface area contributed by atoms with Crippen molar-refractivity contribution in [2.75, 3.05) is 13.2 Å². The van der Waals surface area contributed by atoms with Crippen molar-refractivity contribution in [1.29, 1.82) is 0 Å². The van der Waals surface area contributed by atoms with Crippen LogP contribution in [-0.2, 0) is 11.8 Å². The highest BCUT2D eigenvalue weighted by Crippen LogP contribution is 2.30. The third kappa shape index (κ3) is 3.64. The van der Waals surface area contributed by atoms with Gasteiger partial charge in [0.05, 0.1) is 18.2 Å². The van der Waals surface area contributed by atoms with Gasteiger partial charge in [-0.05, 0) is 41.8 Å². The minimum atomic E-state index is -0.871. The first-order valence-corrected chi connectivity index (χ1v) is 7.59. The highest BCUT2D eigenvalue weighted by molar-refractivity contribution is 9.10. The van der Waals surface area contributed by atoms with Gasteiger partial charge >= 0.3 is 0 Å². The first-order valence-electron chi connectivity index (χ1n) is 6.42. The molecule has 112 valence electrons. The van der Waals surface area contributed by atoms with E-state index in [0.717, 1.165) is 10.0 Å². The third-order valence-corrected chi connectivity index (χ3v) is 4.37. The van der Waals surface area contributed by atoms with Crippen molar-refractivity contribution in [3.8, 4) is 0 Å². The van der Waals surface area contributed by atoms with Crippen LogP contribution in [0.5, 0.6) is 0 Å². The largest absolute Gasteiger partial charge is 0.395 e. The lowest BCUT2D eigenvalue weighted by Crippen LogP contribution is -2.37. The van der Waals surface area contributed by atoms with E-state index in [1.54, 1.807) is 6.07 Å². The lowest BCUT2D eigenvalue weighted by molar-refractivity contribution is 0.116. The number of benzene rings is 2. The van der Waals surface area contributed by atoms with Crippen LogP contribution in [0.25, 0.3) is 0 Å². The number of aliphatic hydroxyl groups is 2. The van der Waals surface area contributed by atoms with Crippen LogP contribution in [0.2, 0.25) is 5.02 Å². The monoisotopic (exact) mass is 372 g/mol. The van der Waals surface area contributed by atoms with Gasteiger partial charge in [0.15, 0.2) is 0 Å². The third-order valence-electron chi connectivity index (χ3n) is 3.57. The summed E-state index contributed by atoms with van der Waals surface area (Å²) in [7, 11) is 0. The molecule has 2 aromatic rings. The Morgan fingerprint density at radius 2 is 1.81 bits per heavy atom. The van der Waals surface area contributed by atoms with E-state index in [1.807, 2.05) is 24.3 Å². The van der Waals surface area contributed by atoms with Gasteiger partial charge in [-0.3, -0.25) is 0 Å². The SMILES string of the molecule is OCC(CO)(Cc1ccc(Cl)c(F)c1)c1cccc(Br)c1. The van der Waals surface area contributed by atoms with Crippen LogP contribution in [0.1, 0.15) is 11.1 Å². The molecule has 0 atom stereocenters. The minimum absolute atomic E-state index is 0.0554. The fourth-order valence-electron chi connectivity index (χ4n) is 2.31. The molecule has 0 aliphatic heterocycles. The molecule has 0 saturated heterocycles. The second-order valence-electron chi connectivity index (χ2n) is 5.03. The van der Waals surface area contributed by atoms with E-state index in [9.17, 15) is 14.6 Å². The molecule has 0 amide bonds. The first-order chi connectivity index (χ1) is 10.0. The Morgan fingerprint density at radius 1 is 1.10 bits per heavy atom. The number of aliphatic hydroxyl groups excluding tert-OH is 2. The molecule has 0 saturated carbocycles. The zero-order chi connectivity index (χ0) is 15.5. The fourth-order valence-corrected chi connectivity index (χ4v) is 2.82. The molecule has 0 radical (unpaired) electrons. The molecule has 21 heavy (non-hydrogen) atoms. The Kier molecular flexibility index (Phi) is 5.38. The number of halogens is 3. The Balaban J connectivity index is 2.40. The van der Waals surface area contributed by atoms with E-state index >= 15 is 0 Å². The molecule has 0 unspecified atom stereocenters. The first kappa shape index (κ1) is 16.4. The zero-order valence-corrected chi connectivity index (χ0v) is 13.5. The summed E-state index contributed by atoms with van der Waals surface area (Å²) in [5.74, 6) is -0.506. The van der Waals surface area contributed by atoms with Crippen molar-refractivity contribution in [2.24, 2.45) is 0 Å². The fraction of sp³-hybridized carbons (Fsp3) is 0.250. The van der Waals surface area contributed by atoms with Crippen LogP contribution in [0.15, 0.2) is 46.9 Å². The van der Waals surface area contributed by atoms with E-state index in [1.165, 1.54) is 12.1 Å². The lowest BCUT2D eigenvalue weighted by atomic mass is 9.77. The molecule has 0 aliphatic carbocycles. The zero-order valence-electron chi connectivity index (χ0n) is 11.2. The maximum atomic E-state index is 13.6.